The van der Waals surface area contributed by atoms with Crippen LogP contribution in [0.3, 0.4) is 0 Å². The number of carbonyl (C=O) groups is 1. The van der Waals surface area contributed by atoms with E-state index >= 15 is 0 Å². The first-order valence-electron chi connectivity index (χ1n) is 6.87. The van der Waals surface area contributed by atoms with Gasteiger partial charge < -0.3 is 14.8 Å². The Balaban J connectivity index is 1.99. The molecule has 0 saturated heterocycles. The van der Waals surface area contributed by atoms with Crippen LogP contribution in [0.1, 0.15) is 0 Å². The molecule has 2 aromatic carbocycles. The number of amides is 1. The number of nitrogens with one attached hydrogen (secondary N) is 1. The molecule has 0 saturated carbocycles. The van der Waals surface area contributed by atoms with E-state index in [9.17, 15) is 23.7 Å². The minimum atomic E-state index is -3.03. The average molecular weight is 407 g/mol. The predicted octanol–water partition coefficient (Wildman–Crippen LogP) is 4.52. The lowest BCUT2D eigenvalue weighted by Gasteiger charge is -2.10. The minimum absolute atomic E-state index is 0.127. The first-order chi connectivity index (χ1) is 12.3. The third-order valence-corrected chi connectivity index (χ3v) is 3.44. The number of anilines is 1. The molecule has 26 heavy (non-hydrogen) atoms. The van der Waals surface area contributed by atoms with Crippen LogP contribution in [0.4, 0.5) is 20.2 Å². The van der Waals surface area contributed by atoms with Gasteiger partial charge in [-0.25, -0.2) is 0 Å². The van der Waals surface area contributed by atoms with Gasteiger partial charge in [0.1, 0.15) is 5.75 Å². The second-order valence-corrected chi connectivity index (χ2v) is 5.57. The van der Waals surface area contributed by atoms with Crippen molar-refractivity contribution in [2.24, 2.45) is 0 Å². The van der Waals surface area contributed by atoms with Crippen molar-refractivity contribution in [2.45, 2.75) is 6.61 Å². The molecule has 7 nitrogen and oxygen atoms in total. The maximum atomic E-state index is 12.2. The lowest BCUT2D eigenvalue weighted by Crippen LogP contribution is -2.20. The topological polar surface area (TPSA) is 90.7 Å². The van der Waals surface area contributed by atoms with Crippen molar-refractivity contribution in [2.75, 3.05) is 11.9 Å². The zero-order valence-corrected chi connectivity index (χ0v) is 14.3. The lowest BCUT2D eigenvalue weighted by atomic mass is 10.3. The molecular weight excluding hydrogens is 397 g/mol. The number of benzene rings is 2. The van der Waals surface area contributed by atoms with Gasteiger partial charge in [-0.05, 0) is 30.3 Å². The molecule has 0 unspecified atom stereocenters. The predicted molar refractivity (Wildman–Crippen MR) is 90.3 cm³/mol. The van der Waals surface area contributed by atoms with Gasteiger partial charge in [-0.15, -0.1) is 0 Å². The summed E-state index contributed by atoms with van der Waals surface area (Å²) in [5, 5.41) is 13.4. The molecular formula is C15H10Cl2F2N2O5. The van der Waals surface area contributed by atoms with Crippen molar-refractivity contribution < 1.29 is 28.0 Å². The summed E-state index contributed by atoms with van der Waals surface area (Å²) in [6, 6.07) is 7.41. The Morgan fingerprint density at radius 3 is 2.50 bits per heavy atom. The van der Waals surface area contributed by atoms with Crippen molar-refractivity contribution >= 4 is 40.5 Å². The zero-order valence-electron chi connectivity index (χ0n) is 12.7. The summed E-state index contributed by atoms with van der Waals surface area (Å²) in [4.78, 5) is 22.1. The number of nitrogens with zero attached hydrogens (tertiary/aromatic N) is 1. The van der Waals surface area contributed by atoms with Crippen LogP contribution in [-0.2, 0) is 4.79 Å². The standard InChI is InChI=1S/C15H10Cl2F2N2O5/c16-8-1-3-13(11(5-8)21(23)24)25-7-14(22)20-9-2-4-12(10(17)6-9)26-15(18)19/h1-6,15H,7H2,(H,20,22). The van der Waals surface area contributed by atoms with Gasteiger partial charge in [0.2, 0.25) is 0 Å². The van der Waals surface area contributed by atoms with Gasteiger partial charge in [0.25, 0.3) is 5.91 Å². The Morgan fingerprint density at radius 2 is 1.88 bits per heavy atom. The van der Waals surface area contributed by atoms with Crippen LogP contribution in [0, 0.1) is 10.1 Å². The van der Waals surface area contributed by atoms with E-state index in [0.29, 0.717) is 0 Å². The number of alkyl halides is 2. The highest BCUT2D eigenvalue weighted by Crippen LogP contribution is 2.30. The van der Waals surface area contributed by atoms with E-state index in [4.69, 9.17) is 27.9 Å². The van der Waals surface area contributed by atoms with E-state index in [2.05, 4.69) is 10.1 Å². The smallest absolute Gasteiger partial charge is 0.387 e. The van der Waals surface area contributed by atoms with Gasteiger partial charge in [-0.1, -0.05) is 23.2 Å². The molecule has 0 spiro atoms. The first kappa shape index (κ1) is 19.7. The Labute approximate surface area is 155 Å². The molecule has 0 aromatic heterocycles. The Morgan fingerprint density at radius 1 is 1.19 bits per heavy atom. The van der Waals surface area contributed by atoms with E-state index in [-0.39, 0.29) is 32.9 Å². The molecule has 1 N–H and O–H groups in total. The first-order valence-corrected chi connectivity index (χ1v) is 7.63. The highest BCUT2D eigenvalue weighted by atomic mass is 35.5. The molecule has 0 fully saturated rings. The minimum Gasteiger partial charge on any atom is -0.477 e. The SMILES string of the molecule is O=C(COc1ccc(Cl)cc1[N+](=O)[O-])Nc1ccc(OC(F)F)c(Cl)c1. The highest BCUT2D eigenvalue weighted by molar-refractivity contribution is 6.32. The fourth-order valence-corrected chi connectivity index (χ4v) is 2.26. The number of hydrogen-bond acceptors (Lipinski definition) is 5. The van der Waals surface area contributed by atoms with Crippen LogP contribution >= 0.6 is 23.2 Å². The van der Waals surface area contributed by atoms with Gasteiger partial charge in [-0.3, -0.25) is 14.9 Å². The molecule has 138 valence electrons. The zero-order chi connectivity index (χ0) is 19.3. The number of hydrogen-bond donors (Lipinski definition) is 1. The van der Waals surface area contributed by atoms with Crippen LogP contribution < -0.4 is 14.8 Å². The molecule has 0 aliphatic rings. The summed E-state index contributed by atoms with van der Waals surface area (Å²) >= 11 is 11.5. The van der Waals surface area contributed by atoms with Crippen LogP contribution in [-0.4, -0.2) is 24.0 Å². The summed E-state index contributed by atoms with van der Waals surface area (Å²) in [6.45, 7) is -3.56. The number of nitro groups is 1. The summed E-state index contributed by atoms with van der Waals surface area (Å²) in [5.74, 6) is -1.02. The van der Waals surface area contributed by atoms with Gasteiger partial charge in [0.05, 0.1) is 9.95 Å². The van der Waals surface area contributed by atoms with Crippen molar-refractivity contribution in [1.29, 1.82) is 0 Å². The summed E-state index contributed by atoms with van der Waals surface area (Å²) in [6.07, 6.45) is 0. The van der Waals surface area contributed by atoms with Gasteiger partial charge in [0, 0.05) is 16.8 Å². The lowest BCUT2D eigenvalue weighted by molar-refractivity contribution is -0.385. The van der Waals surface area contributed by atoms with E-state index in [0.717, 1.165) is 12.1 Å². The van der Waals surface area contributed by atoms with E-state index < -0.39 is 24.0 Å². The van der Waals surface area contributed by atoms with Crippen LogP contribution in [0.5, 0.6) is 11.5 Å². The summed E-state index contributed by atoms with van der Waals surface area (Å²) < 4.78 is 33.6. The molecule has 0 aliphatic heterocycles. The molecule has 0 atom stereocenters. The monoisotopic (exact) mass is 406 g/mol. The van der Waals surface area contributed by atoms with Crippen LogP contribution in [0.15, 0.2) is 36.4 Å². The molecule has 0 heterocycles. The fourth-order valence-electron chi connectivity index (χ4n) is 1.87. The maximum absolute atomic E-state index is 12.2. The van der Waals surface area contributed by atoms with Crippen molar-refractivity contribution in [1.82, 2.24) is 0 Å². The normalized spacial score (nSPS) is 10.5. The molecule has 11 heteroatoms. The third-order valence-electron chi connectivity index (χ3n) is 2.91. The number of nitro benzene ring substituents is 1. The second-order valence-electron chi connectivity index (χ2n) is 4.73. The average Bonchev–Trinajstić information content (AvgIpc) is 2.55. The molecule has 0 radical (unpaired) electrons. The summed E-state index contributed by atoms with van der Waals surface area (Å²) in [7, 11) is 0. The molecule has 2 rings (SSSR count). The number of rotatable bonds is 7. The molecule has 2 aromatic rings. The number of halogens is 4. The van der Waals surface area contributed by atoms with Crippen molar-refractivity contribution in [3.05, 3.63) is 56.6 Å². The summed E-state index contributed by atoms with van der Waals surface area (Å²) in [5.41, 5.74) is -0.183. The van der Waals surface area contributed by atoms with Crippen LogP contribution in [0.25, 0.3) is 0 Å². The van der Waals surface area contributed by atoms with E-state index in [1.165, 1.54) is 24.3 Å². The van der Waals surface area contributed by atoms with E-state index in [1.807, 2.05) is 0 Å². The number of ether oxygens (including phenoxy) is 2. The number of carbonyl (C=O) groups excluding carboxylic acids is 1. The fraction of sp³-hybridized carbons (Fsp3) is 0.133. The molecule has 0 aliphatic carbocycles. The highest BCUT2D eigenvalue weighted by Gasteiger charge is 2.17. The Bertz CT molecular complexity index is 836. The van der Waals surface area contributed by atoms with Gasteiger partial charge in [0.15, 0.2) is 12.4 Å². The molecule has 0 bridgehead atoms. The quantitative estimate of drug-likeness (QED) is 0.539. The maximum Gasteiger partial charge on any atom is 0.387 e. The largest absolute Gasteiger partial charge is 0.477 e. The Kier molecular flexibility index (Phi) is 6.53. The second kappa shape index (κ2) is 8.63. The Hall–Kier alpha value is -2.65. The van der Waals surface area contributed by atoms with Gasteiger partial charge >= 0.3 is 12.3 Å². The van der Waals surface area contributed by atoms with Crippen molar-refractivity contribution in [3.63, 3.8) is 0 Å². The van der Waals surface area contributed by atoms with Crippen molar-refractivity contribution in [3.8, 4) is 11.5 Å². The van der Waals surface area contributed by atoms with E-state index in [1.54, 1.807) is 0 Å². The van der Waals surface area contributed by atoms with Crippen LogP contribution in [0.2, 0.25) is 10.0 Å². The third kappa shape index (κ3) is 5.43. The van der Waals surface area contributed by atoms with Gasteiger partial charge in [-0.2, -0.15) is 8.78 Å². The molecule has 1 amide bonds.